The lowest BCUT2D eigenvalue weighted by molar-refractivity contribution is -0.144. The zero-order valence-corrected chi connectivity index (χ0v) is 9.86. The van der Waals surface area contributed by atoms with E-state index >= 15 is 0 Å². The summed E-state index contributed by atoms with van der Waals surface area (Å²) in [5.41, 5.74) is 0.366. The van der Waals surface area contributed by atoms with Crippen LogP contribution in [0.15, 0.2) is 30.3 Å². The molecule has 1 aliphatic rings. The third-order valence-corrected chi connectivity index (χ3v) is 3.17. The molecule has 16 heavy (non-hydrogen) atoms. The highest BCUT2D eigenvalue weighted by molar-refractivity contribution is 5.87. The molecule has 1 heterocycles. The Bertz CT molecular complexity index is 388. The number of carbonyl (C=O) groups excluding carboxylic acids is 1. The minimum atomic E-state index is -0.621. The average molecular weight is 219 g/mol. The lowest BCUT2D eigenvalue weighted by atomic mass is 9.90. The molecule has 3 nitrogen and oxygen atoms in total. The van der Waals surface area contributed by atoms with Crippen LogP contribution in [0.2, 0.25) is 0 Å². The Morgan fingerprint density at radius 1 is 1.38 bits per heavy atom. The Morgan fingerprint density at radius 3 is 2.44 bits per heavy atom. The van der Waals surface area contributed by atoms with Gasteiger partial charge in [0.05, 0.1) is 7.11 Å². The van der Waals surface area contributed by atoms with E-state index in [4.69, 9.17) is 4.74 Å². The Hall–Kier alpha value is -1.35. The van der Waals surface area contributed by atoms with Crippen molar-refractivity contribution >= 4 is 5.97 Å². The van der Waals surface area contributed by atoms with E-state index in [9.17, 15) is 4.79 Å². The number of rotatable bonds is 3. The van der Waals surface area contributed by atoms with Crippen LogP contribution < -0.4 is 5.32 Å². The largest absolute Gasteiger partial charge is 0.467 e. The van der Waals surface area contributed by atoms with Crippen molar-refractivity contribution in [3.63, 3.8) is 0 Å². The van der Waals surface area contributed by atoms with Crippen LogP contribution in [0.25, 0.3) is 0 Å². The predicted molar refractivity (Wildman–Crippen MR) is 61.9 cm³/mol. The second-order valence-corrected chi connectivity index (χ2v) is 4.53. The van der Waals surface area contributed by atoms with E-state index in [1.54, 1.807) is 0 Å². The molecule has 1 aliphatic heterocycles. The van der Waals surface area contributed by atoms with Crippen LogP contribution in [-0.4, -0.2) is 19.1 Å². The smallest absolute Gasteiger partial charge is 0.332 e. The molecule has 0 spiro atoms. The van der Waals surface area contributed by atoms with Crippen LogP contribution in [-0.2, 0) is 15.1 Å². The van der Waals surface area contributed by atoms with Crippen molar-refractivity contribution in [1.29, 1.82) is 0 Å². The van der Waals surface area contributed by atoms with Crippen LogP contribution in [0.5, 0.6) is 0 Å². The zero-order valence-electron chi connectivity index (χ0n) is 9.86. The molecule has 0 saturated carbocycles. The highest BCUT2D eigenvalue weighted by Crippen LogP contribution is 2.42. The van der Waals surface area contributed by atoms with Gasteiger partial charge >= 0.3 is 5.97 Å². The molecule has 1 aromatic rings. The van der Waals surface area contributed by atoms with Crippen molar-refractivity contribution in [2.24, 2.45) is 5.92 Å². The van der Waals surface area contributed by atoms with E-state index in [1.165, 1.54) is 7.11 Å². The first-order chi connectivity index (χ1) is 7.63. The molecule has 2 atom stereocenters. The van der Waals surface area contributed by atoms with Gasteiger partial charge in [-0.2, -0.15) is 0 Å². The minimum Gasteiger partial charge on any atom is -0.467 e. The van der Waals surface area contributed by atoms with Crippen LogP contribution in [0.3, 0.4) is 0 Å². The Morgan fingerprint density at radius 2 is 2.00 bits per heavy atom. The van der Waals surface area contributed by atoms with Crippen molar-refractivity contribution in [1.82, 2.24) is 5.32 Å². The van der Waals surface area contributed by atoms with E-state index < -0.39 is 5.54 Å². The summed E-state index contributed by atoms with van der Waals surface area (Å²) in [6, 6.07) is 9.93. The molecule has 0 bridgehead atoms. The molecule has 0 aromatic heterocycles. The van der Waals surface area contributed by atoms with Gasteiger partial charge in [0.1, 0.15) is 0 Å². The van der Waals surface area contributed by atoms with Gasteiger partial charge in [-0.1, -0.05) is 44.2 Å². The molecule has 1 aromatic carbocycles. The molecular formula is C13H17NO2. The van der Waals surface area contributed by atoms with E-state index in [1.807, 2.05) is 30.3 Å². The standard InChI is InChI=1S/C13H17NO2/c1-9(2)11-13(14-11,12(15)16-3)10-7-5-4-6-8-10/h4-9,11,14H,1-3H3/t11-,13-/m0/s1. The summed E-state index contributed by atoms with van der Waals surface area (Å²) in [6.45, 7) is 4.20. The van der Waals surface area contributed by atoms with Gasteiger partial charge in [0.25, 0.3) is 0 Å². The van der Waals surface area contributed by atoms with E-state index in [0.29, 0.717) is 5.92 Å². The summed E-state index contributed by atoms with van der Waals surface area (Å²) in [4.78, 5) is 11.9. The Labute approximate surface area is 95.8 Å². The van der Waals surface area contributed by atoms with Crippen molar-refractivity contribution in [3.8, 4) is 0 Å². The van der Waals surface area contributed by atoms with Gasteiger partial charge in [-0.05, 0) is 11.5 Å². The molecule has 0 unspecified atom stereocenters. The fraction of sp³-hybridized carbons (Fsp3) is 0.462. The summed E-state index contributed by atoms with van der Waals surface area (Å²) in [5, 5.41) is 3.27. The molecule has 0 amide bonds. The predicted octanol–water partition coefficient (Wildman–Crippen LogP) is 1.68. The summed E-state index contributed by atoms with van der Waals surface area (Å²) < 4.78 is 4.91. The molecule has 0 aliphatic carbocycles. The number of benzene rings is 1. The molecule has 1 fully saturated rings. The van der Waals surface area contributed by atoms with Crippen LogP contribution in [0.4, 0.5) is 0 Å². The summed E-state index contributed by atoms with van der Waals surface area (Å²) in [5.74, 6) is 0.205. The van der Waals surface area contributed by atoms with Gasteiger partial charge in [0.2, 0.25) is 0 Å². The number of carbonyl (C=O) groups is 1. The maximum atomic E-state index is 11.9. The van der Waals surface area contributed by atoms with Crippen molar-refractivity contribution in [2.75, 3.05) is 7.11 Å². The summed E-state index contributed by atoms with van der Waals surface area (Å²) >= 11 is 0. The monoisotopic (exact) mass is 219 g/mol. The SMILES string of the molecule is COC(=O)[C@@]1(c2ccccc2)N[C@H]1C(C)C. The number of hydrogen-bond donors (Lipinski definition) is 1. The van der Waals surface area contributed by atoms with E-state index in [2.05, 4.69) is 19.2 Å². The third kappa shape index (κ3) is 1.52. The quantitative estimate of drug-likeness (QED) is 0.621. The maximum absolute atomic E-state index is 11.9. The van der Waals surface area contributed by atoms with Crippen LogP contribution in [0.1, 0.15) is 19.4 Å². The highest BCUT2D eigenvalue weighted by atomic mass is 16.5. The van der Waals surface area contributed by atoms with Crippen molar-refractivity contribution < 1.29 is 9.53 Å². The van der Waals surface area contributed by atoms with Gasteiger partial charge in [-0.25, -0.2) is 4.79 Å². The van der Waals surface area contributed by atoms with E-state index in [0.717, 1.165) is 5.56 Å². The molecule has 0 radical (unpaired) electrons. The number of hydrogen-bond acceptors (Lipinski definition) is 3. The fourth-order valence-corrected chi connectivity index (χ4v) is 2.30. The van der Waals surface area contributed by atoms with Crippen molar-refractivity contribution in [2.45, 2.75) is 25.4 Å². The maximum Gasteiger partial charge on any atom is 0.332 e. The Kier molecular flexibility index (Phi) is 2.72. The number of esters is 1. The molecule has 2 rings (SSSR count). The van der Waals surface area contributed by atoms with Crippen LogP contribution >= 0.6 is 0 Å². The van der Waals surface area contributed by atoms with Gasteiger partial charge in [0, 0.05) is 6.04 Å². The van der Waals surface area contributed by atoms with Crippen LogP contribution in [0, 0.1) is 5.92 Å². The lowest BCUT2D eigenvalue weighted by Crippen LogP contribution is -2.29. The molecular weight excluding hydrogens is 202 g/mol. The Balaban J connectivity index is 2.36. The minimum absolute atomic E-state index is 0.169. The van der Waals surface area contributed by atoms with Gasteiger partial charge in [0.15, 0.2) is 5.54 Å². The first-order valence-electron chi connectivity index (χ1n) is 5.54. The van der Waals surface area contributed by atoms with Gasteiger partial charge in [-0.3, -0.25) is 5.32 Å². The molecule has 1 saturated heterocycles. The van der Waals surface area contributed by atoms with E-state index in [-0.39, 0.29) is 12.0 Å². The fourth-order valence-electron chi connectivity index (χ4n) is 2.30. The summed E-state index contributed by atoms with van der Waals surface area (Å²) in [6.07, 6.45) is 0. The first-order valence-corrected chi connectivity index (χ1v) is 5.54. The average Bonchev–Trinajstić information content (AvgIpc) is 3.06. The second kappa shape index (κ2) is 3.91. The molecule has 86 valence electrons. The number of nitrogens with one attached hydrogen (secondary N) is 1. The highest BCUT2D eigenvalue weighted by Gasteiger charge is 2.62. The topological polar surface area (TPSA) is 48.2 Å². The zero-order chi connectivity index (χ0) is 11.8. The molecule has 3 heteroatoms. The van der Waals surface area contributed by atoms with Gasteiger partial charge < -0.3 is 4.74 Å². The number of methoxy groups -OCH3 is 1. The molecule has 1 N–H and O–H groups in total. The van der Waals surface area contributed by atoms with Crippen molar-refractivity contribution in [3.05, 3.63) is 35.9 Å². The van der Waals surface area contributed by atoms with Gasteiger partial charge in [-0.15, -0.1) is 0 Å². The normalized spacial score (nSPS) is 27.9. The third-order valence-electron chi connectivity index (χ3n) is 3.17. The second-order valence-electron chi connectivity index (χ2n) is 4.53. The first kappa shape index (κ1) is 11.1. The number of ether oxygens (including phenoxy) is 1. The summed E-state index contributed by atoms with van der Waals surface area (Å²) in [7, 11) is 1.43. The lowest BCUT2D eigenvalue weighted by Gasteiger charge is -2.14.